The summed E-state index contributed by atoms with van der Waals surface area (Å²) in [5.74, 6) is 0. The quantitative estimate of drug-likeness (QED) is 0.836. The van der Waals surface area contributed by atoms with E-state index >= 15 is 0 Å². The topological polar surface area (TPSA) is 19.4 Å². The van der Waals surface area contributed by atoms with E-state index in [-0.39, 0.29) is 0 Å². The summed E-state index contributed by atoms with van der Waals surface area (Å²) in [5.41, 5.74) is 4.23. The van der Waals surface area contributed by atoms with Crippen molar-refractivity contribution in [2.75, 3.05) is 25.5 Å². The van der Waals surface area contributed by atoms with Crippen molar-refractivity contribution in [3.8, 4) is 0 Å². The van der Waals surface area contributed by atoms with Crippen LogP contribution in [0.15, 0.2) is 48.8 Å². The first-order valence-electron chi connectivity index (χ1n) is 7.65. The summed E-state index contributed by atoms with van der Waals surface area (Å²) in [5, 5.41) is 0. The lowest BCUT2D eigenvalue weighted by Gasteiger charge is -2.27. The molecule has 1 atom stereocenters. The number of fused-ring (bicyclic) bond motifs is 1. The van der Waals surface area contributed by atoms with Gasteiger partial charge in [-0.3, -0.25) is 4.98 Å². The van der Waals surface area contributed by atoms with Crippen LogP contribution in [0.3, 0.4) is 0 Å². The Morgan fingerprint density at radius 2 is 1.90 bits per heavy atom. The standard InChI is InChI=1S/C18H23N3/c1-20(2)13-5-8-18-17-7-4-3-6-15(17)14-21(18)16-9-11-19-12-10-16/h3-4,6-7,9-12,18H,5,8,13-14H2,1-2H3. The molecule has 0 spiro atoms. The lowest BCUT2D eigenvalue weighted by molar-refractivity contribution is 0.384. The third-order valence-corrected chi connectivity index (χ3v) is 4.21. The molecule has 0 saturated carbocycles. The summed E-state index contributed by atoms with van der Waals surface area (Å²) >= 11 is 0. The molecule has 1 aliphatic rings. The average molecular weight is 281 g/mol. The van der Waals surface area contributed by atoms with Crippen LogP contribution in [0.2, 0.25) is 0 Å². The van der Waals surface area contributed by atoms with Gasteiger partial charge in [0.1, 0.15) is 0 Å². The molecule has 0 N–H and O–H groups in total. The summed E-state index contributed by atoms with van der Waals surface area (Å²) < 4.78 is 0. The number of pyridine rings is 1. The monoisotopic (exact) mass is 281 g/mol. The van der Waals surface area contributed by atoms with Gasteiger partial charge in [0.15, 0.2) is 0 Å². The van der Waals surface area contributed by atoms with E-state index in [1.165, 1.54) is 29.7 Å². The van der Waals surface area contributed by atoms with E-state index in [2.05, 4.69) is 65.3 Å². The van der Waals surface area contributed by atoms with Crippen molar-refractivity contribution in [3.63, 3.8) is 0 Å². The third-order valence-electron chi connectivity index (χ3n) is 4.21. The van der Waals surface area contributed by atoms with Crippen LogP contribution < -0.4 is 4.90 Å². The molecule has 0 bridgehead atoms. The van der Waals surface area contributed by atoms with E-state index in [0.29, 0.717) is 6.04 Å². The predicted octanol–water partition coefficient (Wildman–Crippen LogP) is 3.48. The van der Waals surface area contributed by atoms with Gasteiger partial charge in [-0.25, -0.2) is 0 Å². The van der Waals surface area contributed by atoms with Crippen molar-refractivity contribution in [2.24, 2.45) is 0 Å². The maximum atomic E-state index is 4.14. The highest BCUT2D eigenvalue weighted by atomic mass is 15.2. The van der Waals surface area contributed by atoms with E-state index in [1.54, 1.807) is 0 Å². The minimum Gasteiger partial charge on any atom is -0.360 e. The normalized spacial score (nSPS) is 17.3. The Morgan fingerprint density at radius 3 is 2.67 bits per heavy atom. The molecule has 0 aliphatic carbocycles. The molecular formula is C18H23N3. The molecule has 2 heterocycles. The highest BCUT2D eigenvalue weighted by molar-refractivity contribution is 5.53. The molecule has 0 amide bonds. The second kappa shape index (κ2) is 6.27. The molecule has 0 saturated heterocycles. The summed E-state index contributed by atoms with van der Waals surface area (Å²) in [6.45, 7) is 2.15. The maximum absolute atomic E-state index is 4.14. The highest BCUT2D eigenvalue weighted by Crippen LogP contribution is 2.39. The fourth-order valence-corrected chi connectivity index (χ4v) is 3.18. The van der Waals surface area contributed by atoms with E-state index in [0.717, 1.165) is 13.1 Å². The van der Waals surface area contributed by atoms with Crippen molar-refractivity contribution in [1.82, 2.24) is 9.88 Å². The molecule has 1 unspecified atom stereocenters. The Hall–Kier alpha value is -1.87. The van der Waals surface area contributed by atoms with Crippen LogP contribution in [0.4, 0.5) is 5.69 Å². The Kier molecular flexibility index (Phi) is 4.20. The number of nitrogens with zero attached hydrogens (tertiary/aromatic N) is 3. The summed E-state index contributed by atoms with van der Waals surface area (Å²) in [6.07, 6.45) is 6.18. The van der Waals surface area contributed by atoms with Crippen LogP contribution in [0.5, 0.6) is 0 Å². The molecular weight excluding hydrogens is 258 g/mol. The second-order valence-corrected chi connectivity index (χ2v) is 5.99. The number of hydrogen-bond donors (Lipinski definition) is 0. The Labute approximate surface area is 127 Å². The Morgan fingerprint density at radius 1 is 1.14 bits per heavy atom. The second-order valence-electron chi connectivity index (χ2n) is 5.99. The molecule has 21 heavy (non-hydrogen) atoms. The van der Waals surface area contributed by atoms with Gasteiger partial charge in [-0.15, -0.1) is 0 Å². The molecule has 0 fully saturated rings. The van der Waals surface area contributed by atoms with Gasteiger partial charge in [-0.1, -0.05) is 24.3 Å². The van der Waals surface area contributed by atoms with Crippen molar-refractivity contribution >= 4 is 5.69 Å². The van der Waals surface area contributed by atoms with Crippen molar-refractivity contribution < 1.29 is 0 Å². The van der Waals surface area contributed by atoms with E-state index in [4.69, 9.17) is 0 Å². The summed E-state index contributed by atoms with van der Waals surface area (Å²) in [7, 11) is 4.28. The third kappa shape index (κ3) is 3.08. The molecule has 110 valence electrons. The van der Waals surface area contributed by atoms with Gasteiger partial charge >= 0.3 is 0 Å². The lowest BCUT2D eigenvalue weighted by Crippen LogP contribution is -2.23. The molecule has 3 rings (SSSR count). The molecule has 2 aromatic rings. The molecule has 3 heteroatoms. The number of anilines is 1. The first-order valence-corrected chi connectivity index (χ1v) is 7.65. The van der Waals surface area contributed by atoms with Crippen LogP contribution in [0, 0.1) is 0 Å². The van der Waals surface area contributed by atoms with Crippen molar-refractivity contribution in [1.29, 1.82) is 0 Å². The molecule has 3 nitrogen and oxygen atoms in total. The zero-order valence-electron chi connectivity index (χ0n) is 12.9. The van der Waals surface area contributed by atoms with Crippen LogP contribution in [0.1, 0.15) is 30.0 Å². The molecule has 1 aromatic carbocycles. The minimum atomic E-state index is 0.489. The summed E-state index contributed by atoms with van der Waals surface area (Å²) in [6, 6.07) is 13.6. The van der Waals surface area contributed by atoms with Crippen LogP contribution >= 0.6 is 0 Å². The van der Waals surface area contributed by atoms with E-state index in [1.807, 2.05) is 12.4 Å². The maximum Gasteiger partial charge on any atom is 0.0550 e. The van der Waals surface area contributed by atoms with Gasteiger partial charge in [0.05, 0.1) is 6.04 Å². The van der Waals surface area contributed by atoms with Crippen LogP contribution in [-0.2, 0) is 6.54 Å². The van der Waals surface area contributed by atoms with Gasteiger partial charge in [0.2, 0.25) is 0 Å². The SMILES string of the molecule is CN(C)CCCC1c2ccccc2CN1c1ccncc1. The largest absolute Gasteiger partial charge is 0.360 e. The average Bonchev–Trinajstić information content (AvgIpc) is 2.87. The van der Waals surface area contributed by atoms with Crippen molar-refractivity contribution in [3.05, 3.63) is 59.9 Å². The van der Waals surface area contributed by atoms with Gasteiger partial charge in [-0.2, -0.15) is 0 Å². The van der Waals surface area contributed by atoms with Crippen molar-refractivity contribution in [2.45, 2.75) is 25.4 Å². The zero-order chi connectivity index (χ0) is 14.7. The number of aromatic nitrogens is 1. The fraction of sp³-hybridized carbons (Fsp3) is 0.389. The van der Waals surface area contributed by atoms with Gasteiger partial charge in [-0.05, 0) is 56.7 Å². The zero-order valence-corrected chi connectivity index (χ0v) is 12.9. The van der Waals surface area contributed by atoms with Gasteiger partial charge in [0, 0.05) is 24.6 Å². The number of rotatable bonds is 5. The molecule has 1 aromatic heterocycles. The van der Waals surface area contributed by atoms with E-state index < -0.39 is 0 Å². The smallest absolute Gasteiger partial charge is 0.0550 e. The van der Waals surface area contributed by atoms with E-state index in [9.17, 15) is 0 Å². The Bertz CT molecular complexity index is 580. The lowest BCUT2D eigenvalue weighted by atomic mass is 10.0. The minimum absolute atomic E-state index is 0.489. The number of hydrogen-bond acceptors (Lipinski definition) is 3. The predicted molar refractivity (Wildman–Crippen MR) is 87.4 cm³/mol. The first-order chi connectivity index (χ1) is 10.3. The Balaban J connectivity index is 1.83. The summed E-state index contributed by atoms with van der Waals surface area (Å²) in [4.78, 5) is 8.92. The molecule has 0 radical (unpaired) electrons. The number of benzene rings is 1. The molecule has 1 aliphatic heterocycles. The van der Waals surface area contributed by atoms with Gasteiger partial charge < -0.3 is 9.80 Å². The van der Waals surface area contributed by atoms with Gasteiger partial charge in [0.25, 0.3) is 0 Å². The van der Waals surface area contributed by atoms with Crippen LogP contribution in [-0.4, -0.2) is 30.5 Å². The fourth-order valence-electron chi connectivity index (χ4n) is 3.18. The van der Waals surface area contributed by atoms with Crippen LogP contribution in [0.25, 0.3) is 0 Å². The highest BCUT2D eigenvalue weighted by Gasteiger charge is 2.29. The first kappa shape index (κ1) is 14.1.